The van der Waals surface area contributed by atoms with Crippen LogP contribution in [-0.4, -0.2) is 52.9 Å². The molecule has 1 N–H and O–H groups in total. The maximum atomic E-state index is 12.9. The quantitative estimate of drug-likeness (QED) is 0.675. The molecule has 5 rings (SSSR count). The first-order chi connectivity index (χ1) is 15.2. The van der Waals surface area contributed by atoms with Crippen molar-refractivity contribution < 1.29 is 14.3 Å². The van der Waals surface area contributed by atoms with Gasteiger partial charge in [-0.25, -0.2) is 0 Å². The summed E-state index contributed by atoms with van der Waals surface area (Å²) in [7, 11) is 0. The average molecular weight is 424 g/mol. The molecule has 3 heterocycles. The highest BCUT2D eigenvalue weighted by molar-refractivity contribution is 5.92. The number of amides is 1. The van der Waals surface area contributed by atoms with E-state index in [0.717, 1.165) is 64.1 Å². The van der Waals surface area contributed by atoms with Crippen LogP contribution in [-0.2, 0) is 16.1 Å². The van der Waals surface area contributed by atoms with Crippen molar-refractivity contribution in [1.29, 1.82) is 0 Å². The second kappa shape index (κ2) is 9.13. The van der Waals surface area contributed by atoms with E-state index in [9.17, 15) is 4.79 Å². The monoisotopic (exact) mass is 423 g/mol. The summed E-state index contributed by atoms with van der Waals surface area (Å²) >= 11 is 0. The van der Waals surface area contributed by atoms with E-state index in [4.69, 9.17) is 9.47 Å². The van der Waals surface area contributed by atoms with Crippen molar-refractivity contribution in [2.24, 2.45) is 5.92 Å². The number of aromatic amines is 1. The number of aromatic nitrogens is 2. The molecule has 6 nitrogen and oxygen atoms in total. The molecule has 3 fully saturated rings. The molecule has 1 aromatic heterocycles. The van der Waals surface area contributed by atoms with Crippen LogP contribution in [0.15, 0.2) is 36.4 Å². The maximum Gasteiger partial charge on any atom is 0.274 e. The lowest BCUT2D eigenvalue weighted by atomic mass is 9.78. The zero-order valence-electron chi connectivity index (χ0n) is 18.2. The Labute approximate surface area is 184 Å². The van der Waals surface area contributed by atoms with Gasteiger partial charge in [0.2, 0.25) is 0 Å². The number of ether oxygens (including phenoxy) is 2. The van der Waals surface area contributed by atoms with Gasteiger partial charge < -0.3 is 14.4 Å². The number of carbonyl (C=O) groups excluding carboxylic acids is 1. The summed E-state index contributed by atoms with van der Waals surface area (Å²) in [6.07, 6.45) is 7.52. The topological polar surface area (TPSA) is 67.5 Å². The highest BCUT2D eigenvalue weighted by Crippen LogP contribution is 2.40. The number of hydrogen-bond acceptors (Lipinski definition) is 4. The number of nitrogens with zero attached hydrogens (tertiary/aromatic N) is 2. The van der Waals surface area contributed by atoms with E-state index >= 15 is 0 Å². The van der Waals surface area contributed by atoms with E-state index in [2.05, 4.69) is 34.5 Å². The lowest BCUT2D eigenvalue weighted by Crippen LogP contribution is -2.51. The van der Waals surface area contributed by atoms with Crippen LogP contribution < -0.4 is 0 Å². The molecule has 1 amide bonds. The maximum absolute atomic E-state index is 12.9. The number of likely N-dealkylation sites (tertiary alicyclic amines) is 1. The summed E-state index contributed by atoms with van der Waals surface area (Å²) in [4.78, 5) is 14.8. The zero-order valence-corrected chi connectivity index (χ0v) is 18.2. The Kier molecular flexibility index (Phi) is 6.10. The number of H-pyrrole nitrogens is 1. The molecule has 1 aliphatic carbocycles. The Morgan fingerprint density at radius 1 is 1.19 bits per heavy atom. The van der Waals surface area contributed by atoms with Crippen LogP contribution >= 0.6 is 0 Å². The highest BCUT2D eigenvalue weighted by atomic mass is 16.5. The Bertz CT molecular complexity index is 869. The molecule has 2 saturated heterocycles. The van der Waals surface area contributed by atoms with Crippen molar-refractivity contribution in [3.8, 4) is 0 Å². The first-order valence-electron chi connectivity index (χ1n) is 11.8. The molecule has 2 aliphatic heterocycles. The summed E-state index contributed by atoms with van der Waals surface area (Å²) in [5, 5.41) is 7.32. The molecule has 1 atom stereocenters. The molecule has 6 heteroatoms. The summed E-state index contributed by atoms with van der Waals surface area (Å²) in [6, 6.07) is 12.3. The van der Waals surface area contributed by atoms with Gasteiger partial charge in [0.15, 0.2) is 0 Å². The van der Waals surface area contributed by atoms with Crippen molar-refractivity contribution in [2.75, 3.05) is 26.3 Å². The zero-order chi connectivity index (χ0) is 21.1. The van der Waals surface area contributed by atoms with Gasteiger partial charge in [-0.2, -0.15) is 5.10 Å². The van der Waals surface area contributed by atoms with Gasteiger partial charge in [-0.3, -0.25) is 9.89 Å². The van der Waals surface area contributed by atoms with Gasteiger partial charge in [0, 0.05) is 37.9 Å². The summed E-state index contributed by atoms with van der Waals surface area (Å²) in [6.45, 7) is 3.80. The molecule has 1 aromatic carbocycles. The normalized spacial score (nSPS) is 23.2. The predicted octanol–water partition coefficient (Wildman–Crippen LogP) is 4.30. The van der Waals surface area contributed by atoms with Crippen LogP contribution in [0.5, 0.6) is 0 Å². The number of piperidine rings is 1. The molecule has 3 aliphatic rings. The molecular weight excluding hydrogens is 390 g/mol. The van der Waals surface area contributed by atoms with Gasteiger partial charge in [-0.05, 0) is 62.5 Å². The minimum absolute atomic E-state index is 0.0553. The van der Waals surface area contributed by atoms with Crippen LogP contribution in [0.2, 0.25) is 0 Å². The van der Waals surface area contributed by atoms with Crippen molar-refractivity contribution in [1.82, 2.24) is 15.1 Å². The third-order valence-electron chi connectivity index (χ3n) is 7.17. The summed E-state index contributed by atoms with van der Waals surface area (Å²) in [5.41, 5.74) is 2.84. The van der Waals surface area contributed by atoms with E-state index in [1.54, 1.807) is 0 Å². The largest absolute Gasteiger partial charge is 0.377 e. The summed E-state index contributed by atoms with van der Waals surface area (Å²) in [5.74, 6) is 1.28. The van der Waals surface area contributed by atoms with Crippen molar-refractivity contribution in [3.63, 3.8) is 0 Å². The molecule has 1 saturated carbocycles. The molecule has 2 aromatic rings. The Hall–Kier alpha value is -2.18. The van der Waals surface area contributed by atoms with E-state index < -0.39 is 0 Å². The van der Waals surface area contributed by atoms with Crippen molar-refractivity contribution in [3.05, 3.63) is 53.3 Å². The van der Waals surface area contributed by atoms with Gasteiger partial charge in [0.1, 0.15) is 5.69 Å². The van der Waals surface area contributed by atoms with Crippen LogP contribution in [0.25, 0.3) is 0 Å². The van der Waals surface area contributed by atoms with Crippen LogP contribution in [0.3, 0.4) is 0 Å². The van der Waals surface area contributed by atoms with Crippen molar-refractivity contribution >= 4 is 5.91 Å². The van der Waals surface area contributed by atoms with Gasteiger partial charge in [-0.15, -0.1) is 0 Å². The highest BCUT2D eigenvalue weighted by Gasteiger charge is 2.41. The molecule has 0 bridgehead atoms. The average Bonchev–Trinajstić information content (AvgIpc) is 3.54. The third-order valence-corrected chi connectivity index (χ3v) is 7.17. The van der Waals surface area contributed by atoms with E-state index in [0.29, 0.717) is 24.1 Å². The SMILES string of the molecule is O=C(c1cc(C2CC2)[nH]n1)N1CCC2(CC1)CC(CCOCc1ccccc1)CCO2. The lowest BCUT2D eigenvalue weighted by Gasteiger charge is -2.46. The molecule has 1 unspecified atom stereocenters. The smallest absolute Gasteiger partial charge is 0.274 e. The van der Waals surface area contributed by atoms with Crippen LogP contribution in [0.4, 0.5) is 0 Å². The van der Waals surface area contributed by atoms with E-state index in [-0.39, 0.29) is 11.5 Å². The molecule has 0 radical (unpaired) electrons. The van der Waals surface area contributed by atoms with E-state index in [1.807, 2.05) is 17.0 Å². The minimum atomic E-state index is -0.0656. The Balaban J connectivity index is 1.08. The Morgan fingerprint density at radius 3 is 2.77 bits per heavy atom. The van der Waals surface area contributed by atoms with Gasteiger partial charge in [-0.1, -0.05) is 30.3 Å². The first-order valence-corrected chi connectivity index (χ1v) is 11.8. The van der Waals surface area contributed by atoms with Gasteiger partial charge >= 0.3 is 0 Å². The third kappa shape index (κ3) is 5.01. The number of benzene rings is 1. The van der Waals surface area contributed by atoms with E-state index in [1.165, 1.54) is 18.4 Å². The Morgan fingerprint density at radius 2 is 2.00 bits per heavy atom. The summed E-state index contributed by atoms with van der Waals surface area (Å²) < 4.78 is 12.2. The predicted molar refractivity (Wildman–Crippen MR) is 118 cm³/mol. The van der Waals surface area contributed by atoms with Crippen molar-refractivity contribution in [2.45, 2.75) is 63.1 Å². The molecular formula is C25H33N3O3. The fourth-order valence-electron chi connectivity index (χ4n) is 5.07. The van der Waals surface area contributed by atoms with Gasteiger partial charge in [0.25, 0.3) is 5.91 Å². The second-order valence-corrected chi connectivity index (χ2v) is 9.49. The molecule has 166 valence electrons. The molecule has 1 spiro atoms. The standard InChI is InChI=1S/C25H33N3O3/c29-24(23-16-22(26-27-23)21-6-7-21)28-12-10-25(11-13-28)17-19(9-15-31-25)8-14-30-18-20-4-2-1-3-5-20/h1-5,16,19,21H,6-15,17-18H2,(H,26,27). The number of hydrogen-bond donors (Lipinski definition) is 1. The number of rotatable bonds is 7. The lowest BCUT2D eigenvalue weighted by molar-refractivity contribution is -0.126. The fourth-order valence-corrected chi connectivity index (χ4v) is 5.07. The second-order valence-electron chi connectivity index (χ2n) is 9.49. The molecule has 31 heavy (non-hydrogen) atoms. The van der Waals surface area contributed by atoms with Crippen LogP contribution in [0.1, 0.15) is 72.6 Å². The van der Waals surface area contributed by atoms with Crippen LogP contribution in [0, 0.1) is 5.92 Å². The minimum Gasteiger partial charge on any atom is -0.377 e. The fraction of sp³-hybridized carbons (Fsp3) is 0.600. The number of nitrogens with one attached hydrogen (secondary N) is 1. The first kappa shape index (κ1) is 20.7. The van der Waals surface area contributed by atoms with Gasteiger partial charge in [0.05, 0.1) is 12.2 Å². The number of carbonyl (C=O) groups is 1.